The first kappa shape index (κ1) is 37.5. The summed E-state index contributed by atoms with van der Waals surface area (Å²) < 4.78 is 6.06. The summed E-state index contributed by atoms with van der Waals surface area (Å²) in [4.78, 5) is 71.7. The average molecular weight is 778 g/mol. The highest BCUT2D eigenvalue weighted by Gasteiger charge is 2.45. The molecule has 4 aliphatic heterocycles. The van der Waals surface area contributed by atoms with Crippen LogP contribution in [-0.4, -0.2) is 97.3 Å². The van der Waals surface area contributed by atoms with E-state index in [2.05, 4.69) is 37.5 Å². The molecule has 0 bridgehead atoms. The van der Waals surface area contributed by atoms with Crippen LogP contribution >= 0.6 is 11.6 Å². The Balaban J connectivity index is 0.762. The maximum absolute atomic E-state index is 13.3. The smallest absolute Gasteiger partial charge is 0.262 e. The van der Waals surface area contributed by atoms with Crippen LogP contribution in [0.2, 0.25) is 5.02 Å². The van der Waals surface area contributed by atoms with Gasteiger partial charge in [-0.3, -0.25) is 39.1 Å². The number of fused-ring (bicyclic) bond motifs is 1. The third-order valence-corrected chi connectivity index (χ3v) is 12.2. The number of amides is 5. The number of imide groups is 2. The lowest BCUT2D eigenvalue weighted by molar-refractivity contribution is -0.136. The lowest BCUT2D eigenvalue weighted by atomic mass is 9.95. The molecule has 4 fully saturated rings. The van der Waals surface area contributed by atoms with Crippen molar-refractivity contribution in [3.8, 4) is 11.8 Å². The highest BCUT2D eigenvalue weighted by atomic mass is 35.5. The van der Waals surface area contributed by atoms with E-state index in [0.717, 1.165) is 93.5 Å². The van der Waals surface area contributed by atoms with Gasteiger partial charge in [0.1, 0.15) is 17.9 Å². The molecule has 3 atom stereocenters. The zero-order valence-corrected chi connectivity index (χ0v) is 31.8. The van der Waals surface area contributed by atoms with Gasteiger partial charge >= 0.3 is 0 Å². The number of anilines is 3. The molecular weight excluding hydrogens is 734 g/mol. The average Bonchev–Trinajstić information content (AvgIpc) is 3.77. The highest BCUT2D eigenvalue weighted by Crippen LogP contribution is 2.34. The first-order valence-electron chi connectivity index (χ1n) is 19.5. The zero-order chi connectivity index (χ0) is 38.9. The fourth-order valence-corrected chi connectivity index (χ4v) is 8.93. The summed E-state index contributed by atoms with van der Waals surface area (Å²) in [6, 6.07) is 19.6. The minimum Gasteiger partial charge on any atom is -0.490 e. The second-order valence-corrected chi connectivity index (χ2v) is 15.8. The van der Waals surface area contributed by atoms with Crippen molar-refractivity contribution in [3.05, 3.63) is 82.4 Å². The molecule has 3 aromatic rings. The van der Waals surface area contributed by atoms with Gasteiger partial charge in [0.25, 0.3) is 11.8 Å². The number of piperazine rings is 1. The number of benzene rings is 3. The molecule has 8 rings (SSSR count). The van der Waals surface area contributed by atoms with Crippen molar-refractivity contribution in [2.75, 3.05) is 60.9 Å². The lowest BCUT2D eigenvalue weighted by Crippen LogP contribution is -2.54. The zero-order valence-electron chi connectivity index (χ0n) is 31.0. The molecule has 0 aromatic heterocycles. The van der Waals surface area contributed by atoms with Gasteiger partial charge < -0.3 is 19.9 Å². The van der Waals surface area contributed by atoms with Gasteiger partial charge in [0.2, 0.25) is 17.7 Å². The number of hydrogen-bond acceptors (Lipinski definition) is 10. The maximum Gasteiger partial charge on any atom is 0.262 e. The fourth-order valence-electron chi connectivity index (χ4n) is 8.72. The molecule has 4 heterocycles. The van der Waals surface area contributed by atoms with Crippen LogP contribution in [0.3, 0.4) is 0 Å². The number of carbonyl (C=O) groups excluding carboxylic acids is 5. The second kappa shape index (κ2) is 16.0. The standard InChI is InChI=1S/C42H44ClN7O6/c43-36-23-33(9-2-28(36)24-44)56-32-8-1-27(21-32)39(52)45-29-3-5-30(6-4-29)48-15-13-26(14-16-48)25-47-17-19-49(20-18-47)31-7-10-34-35(22-31)42(55)50(41(34)54)37-11-12-38(51)46-40(37)53/h2-7,9-10,22-23,26-27,32,37H,1,8,11-21,25H2,(H,45,52)(H,46,51,53)/t27-,32-,37?/m0/s1. The first-order valence-corrected chi connectivity index (χ1v) is 19.9. The minimum absolute atomic E-state index is 0.000553. The first-order chi connectivity index (χ1) is 27.1. The quantitative estimate of drug-likeness (QED) is 0.289. The van der Waals surface area contributed by atoms with Crippen molar-refractivity contribution in [1.29, 1.82) is 5.26 Å². The van der Waals surface area contributed by atoms with E-state index in [1.807, 2.05) is 24.3 Å². The molecule has 0 spiro atoms. The molecule has 2 N–H and O–H groups in total. The Kier molecular flexibility index (Phi) is 10.7. The molecule has 5 aliphatic rings. The van der Waals surface area contributed by atoms with Crippen LogP contribution in [0, 0.1) is 23.2 Å². The van der Waals surface area contributed by atoms with Gasteiger partial charge in [-0.05, 0) is 99.0 Å². The van der Waals surface area contributed by atoms with Gasteiger partial charge in [0.05, 0.1) is 27.8 Å². The molecule has 1 saturated carbocycles. The van der Waals surface area contributed by atoms with Crippen molar-refractivity contribution >= 4 is 58.2 Å². The van der Waals surface area contributed by atoms with Gasteiger partial charge in [0.15, 0.2) is 0 Å². The summed E-state index contributed by atoms with van der Waals surface area (Å²) in [5, 5.41) is 14.8. The van der Waals surface area contributed by atoms with E-state index in [9.17, 15) is 24.0 Å². The number of piperidine rings is 2. The van der Waals surface area contributed by atoms with Gasteiger partial charge in [-0.15, -0.1) is 0 Å². The summed E-state index contributed by atoms with van der Waals surface area (Å²) in [7, 11) is 0. The minimum atomic E-state index is -0.971. The SMILES string of the molecule is N#Cc1ccc(O[C@H]2CC[C@H](C(=O)Nc3ccc(N4CCC(CN5CCN(c6ccc7c(c6)C(=O)N(C6CCC(=O)NC6=O)C7=O)CC5)CC4)cc3)C2)cc1Cl. The predicted octanol–water partition coefficient (Wildman–Crippen LogP) is 4.84. The van der Waals surface area contributed by atoms with Crippen LogP contribution in [0.4, 0.5) is 17.1 Å². The monoisotopic (exact) mass is 777 g/mol. The predicted molar refractivity (Wildman–Crippen MR) is 210 cm³/mol. The lowest BCUT2D eigenvalue weighted by Gasteiger charge is -2.40. The summed E-state index contributed by atoms with van der Waals surface area (Å²) in [5.74, 6) is -0.891. The van der Waals surface area contributed by atoms with Crippen LogP contribution in [0.15, 0.2) is 60.7 Å². The number of nitrogens with zero attached hydrogens (tertiary/aromatic N) is 5. The third-order valence-electron chi connectivity index (χ3n) is 11.9. The Morgan fingerprint density at radius 1 is 0.821 bits per heavy atom. The van der Waals surface area contributed by atoms with Crippen molar-refractivity contribution < 1.29 is 28.7 Å². The van der Waals surface area contributed by atoms with E-state index in [4.69, 9.17) is 21.6 Å². The van der Waals surface area contributed by atoms with Gasteiger partial charge in [-0.2, -0.15) is 5.26 Å². The number of nitriles is 1. The number of nitrogens with one attached hydrogen (secondary N) is 2. The molecule has 1 unspecified atom stereocenters. The normalized spacial score (nSPS) is 23.2. The van der Waals surface area contributed by atoms with E-state index in [-0.39, 0.29) is 30.8 Å². The molecule has 1 aliphatic carbocycles. The van der Waals surface area contributed by atoms with Crippen LogP contribution in [0.5, 0.6) is 5.75 Å². The van der Waals surface area contributed by atoms with E-state index < -0.39 is 29.7 Å². The van der Waals surface area contributed by atoms with Crippen molar-refractivity contribution in [1.82, 2.24) is 15.1 Å². The molecule has 3 saturated heterocycles. The van der Waals surface area contributed by atoms with E-state index in [0.29, 0.717) is 39.8 Å². The maximum atomic E-state index is 13.3. The molecule has 3 aromatic carbocycles. The molecule has 5 amide bonds. The van der Waals surface area contributed by atoms with E-state index in [1.165, 1.54) is 0 Å². The van der Waals surface area contributed by atoms with Gasteiger partial charge in [-0.1, -0.05) is 11.6 Å². The molecular formula is C42H44ClN7O6. The molecule has 14 heteroatoms. The summed E-state index contributed by atoms with van der Waals surface area (Å²) in [6.45, 7) is 6.41. The Hall–Kier alpha value is -5.45. The Bertz CT molecular complexity index is 2090. The largest absolute Gasteiger partial charge is 0.490 e. The van der Waals surface area contributed by atoms with Crippen LogP contribution < -0.4 is 25.2 Å². The number of hydrogen-bond donors (Lipinski definition) is 2. The molecule has 56 heavy (non-hydrogen) atoms. The van der Waals surface area contributed by atoms with Crippen LogP contribution in [-0.2, 0) is 14.4 Å². The van der Waals surface area contributed by atoms with Crippen LogP contribution in [0.25, 0.3) is 0 Å². The third kappa shape index (κ3) is 7.81. The topological polar surface area (TPSA) is 155 Å². The number of rotatable bonds is 9. The van der Waals surface area contributed by atoms with Gasteiger partial charge in [-0.25, -0.2) is 0 Å². The van der Waals surface area contributed by atoms with Crippen molar-refractivity contribution in [3.63, 3.8) is 0 Å². The number of ether oxygens (including phenoxy) is 1. The number of carbonyl (C=O) groups is 5. The Labute approximate surface area is 330 Å². The summed E-state index contributed by atoms with van der Waals surface area (Å²) in [5.41, 5.74) is 3.83. The second-order valence-electron chi connectivity index (χ2n) is 15.4. The summed E-state index contributed by atoms with van der Waals surface area (Å²) in [6.07, 6.45) is 4.50. The van der Waals surface area contributed by atoms with E-state index >= 15 is 0 Å². The molecule has 0 radical (unpaired) electrons. The number of halogens is 1. The van der Waals surface area contributed by atoms with Crippen LogP contribution in [0.1, 0.15) is 71.2 Å². The Morgan fingerprint density at radius 2 is 1.54 bits per heavy atom. The van der Waals surface area contributed by atoms with E-state index in [1.54, 1.807) is 30.3 Å². The van der Waals surface area contributed by atoms with Gasteiger partial charge in [0, 0.05) is 81.3 Å². The highest BCUT2D eigenvalue weighted by molar-refractivity contribution is 6.31. The van der Waals surface area contributed by atoms with Crippen molar-refractivity contribution in [2.24, 2.45) is 11.8 Å². The van der Waals surface area contributed by atoms with Crippen molar-refractivity contribution in [2.45, 2.75) is 57.1 Å². The Morgan fingerprint density at radius 3 is 2.25 bits per heavy atom. The summed E-state index contributed by atoms with van der Waals surface area (Å²) >= 11 is 6.15. The molecule has 13 nitrogen and oxygen atoms in total. The fraction of sp³-hybridized carbons (Fsp3) is 0.429. The molecule has 290 valence electrons.